The molecule has 0 radical (unpaired) electrons. The molecule has 1 N–H and O–H groups in total. The highest BCUT2D eigenvalue weighted by Crippen LogP contribution is 2.32. The van der Waals surface area contributed by atoms with E-state index in [9.17, 15) is 0 Å². The van der Waals surface area contributed by atoms with Crippen LogP contribution >= 0.6 is 0 Å². The van der Waals surface area contributed by atoms with E-state index in [1.165, 1.54) is 0 Å². The SMILES string of the molecule is CCOc1ncccc1OC(c1ccccc1)C1CNCCO1. The molecule has 0 bridgehead atoms. The number of ether oxygens (including phenoxy) is 3. The minimum atomic E-state index is -0.215. The van der Waals surface area contributed by atoms with Gasteiger partial charge in [-0.1, -0.05) is 30.3 Å². The normalized spacial score (nSPS) is 19.1. The number of benzene rings is 1. The van der Waals surface area contributed by atoms with Gasteiger partial charge in [0.1, 0.15) is 6.10 Å². The summed E-state index contributed by atoms with van der Waals surface area (Å²) in [6.07, 6.45) is 1.43. The molecule has 2 unspecified atom stereocenters. The Morgan fingerprint density at radius 1 is 1.26 bits per heavy atom. The molecule has 0 aliphatic carbocycles. The first kappa shape index (κ1) is 15.8. The summed E-state index contributed by atoms with van der Waals surface area (Å²) < 4.78 is 17.8. The minimum Gasteiger partial charge on any atom is -0.477 e. The van der Waals surface area contributed by atoms with Gasteiger partial charge in [-0.2, -0.15) is 0 Å². The van der Waals surface area contributed by atoms with Gasteiger partial charge in [0.05, 0.1) is 13.2 Å². The summed E-state index contributed by atoms with van der Waals surface area (Å²) in [4.78, 5) is 4.26. The fraction of sp³-hybridized carbons (Fsp3) is 0.389. The number of aromatic nitrogens is 1. The molecule has 1 aliphatic rings. The van der Waals surface area contributed by atoms with Crippen molar-refractivity contribution >= 4 is 0 Å². The van der Waals surface area contributed by atoms with Crippen LogP contribution < -0.4 is 14.8 Å². The predicted octanol–water partition coefficient (Wildman–Crippen LogP) is 2.59. The summed E-state index contributed by atoms with van der Waals surface area (Å²) in [6, 6.07) is 13.8. The highest BCUT2D eigenvalue weighted by molar-refractivity contribution is 5.34. The highest BCUT2D eigenvalue weighted by Gasteiger charge is 2.28. The molecule has 2 aromatic rings. The molecule has 3 rings (SSSR count). The number of nitrogens with one attached hydrogen (secondary N) is 1. The maximum Gasteiger partial charge on any atom is 0.257 e. The molecule has 2 atom stereocenters. The van der Waals surface area contributed by atoms with Crippen LogP contribution in [-0.4, -0.2) is 37.4 Å². The van der Waals surface area contributed by atoms with Gasteiger partial charge in [0.2, 0.25) is 0 Å². The van der Waals surface area contributed by atoms with Crippen molar-refractivity contribution < 1.29 is 14.2 Å². The number of morpholine rings is 1. The number of rotatable bonds is 6. The van der Waals surface area contributed by atoms with Crippen molar-refractivity contribution in [2.75, 3.05) is 26.3 Å². The fourth-order valence-electron chi connectivity index (χ4n) is 2.63. The Morgan fingerprint density at radius 3 is 2.87 bits per heavy atom. The van der Waals surface area contributed by atoms with E-state index in [0.29, 0.717) is 24.8 Å². The molecule has 2 heterocycles. The second-order valence-corrected chi connectivity index (χ2v) is 5.30. The molecular weight excluding hydrogens is 292 g/mol. The zero-order valence-electron chi connectivity index (χ0n) is 13.3. The average Bonchev–Trinajstić information content (AvgIpc) is 2.63. The Morgan fingerprint density at radius 2 is 2.13 bits per heavy atom. The van der Waals surface area contributed by atoms with Gasteiger partial charge in [-0.3, -0.25) is 0 Å². The van der Waals surface area contributed by atoms with Gasteiger partial charge in [0, 0.05) is 19.3 Å². The van der Waals surface area contributed by atoms with Gasteiger partial charge >= 0.3 is 0 Å². The van der Waals surface area contributed by atoms with E-state index < -0.39 is 0 Å². The van der Waals surface area contributed by atoms with Crippen molar-refractivity contribution in [2.24, 2.45) is 0 Å². The molecule has 5 heteroatoms. The minimum absolute atomic E-state index is 0.0548. The van der Waals surface area contributed by atoms with E-state index in [0.717, 1.165) is 18.7 Å². The lowest BCUT2D eigenvalue weighted by atomic mass is 10.0. The Balaban J connectivity index is 1.86. The monoisotopic (exact) mass is 314 g/mol. The number of hydrogen-bond acceptors (Lipinski definition) is 5. The van der Waals surface area contributed by atoms with Gasteiger partial charge in [0.15, 0.2) is 11.9 Å². The number of nitrogens with zero attached hydrogens (tertiary/aromatic N) is 1. The van der Waals surface area contributed by atoms with Gasteiger partial charge < -0.3 is 19.5 Å². The first-order valence-corrected chi connectivity index (χ1v) is 8.00. The quantitative estimate of drug-likeness (QED) is 0.888. The van der Waals surface area contributed by atoms with E-state index in [1.54, 1.807) is 6.20 Å². The maximum atomic E-state index is 6.27. The number of pyridine rings is 1. The predicted molar refractivity (Wildman–Crippen MR) is 87.8 cm³/mol. The summed E-state index contributed by atoms with van der Waals surface area (Å²) in [5.41, 5.74) is 1.08. The lowest BCUT2D eigenvalue weighted by Crippen LogP contribution is -2.43. The van der Waals surface area contributed by atoms with Gasteiger partial charge in [-0.25, -0.2) is 4.98 Å². The summed E-state index contributed by atoms with van der Waals surface area (Å²) in [5, 5.41) is 3.36. The highest BCUT2D eigenvalue weighted by atomic mass is 16.6. The van der Waals surface area contributed by atoms with E-state index >= 15 is 0 Å². The molecule has 122 valence electrons. The third-order valence-electron chi connectivity index (χ3n) is 3.69. The summed E-state index contributed by atoms with van der Waals surface area (Å²) in [7, 11) is 0. The molecule has 0 spiro atoms. The first-order valence-electron chi connectivity index (χ1n) is 8.00. The Labute approximate surface area is 136 Å². The lowest BCUT2D eigenvalue weighted by molar-refractivity contribution is -0.0441. The van der Waals surface area contributed by atoms with Crippen LogP contribution in [0.4, 0.5) is 0 Å². The van der Waals surface area contributed by atoms with E-state index in [1.807, 2.05) is 37.3 Å². The molecule has 1 saturated heterocycles. The van der Waals surface area contributed by atoms with Crippen molar-refractivity contribution in [3.63, 3.8) is 0 Å². The van der Waals surface area contributed by atoms with Crippen LogP contribution in [-0.2, 0) is 4.74 Å². The van der Waals surface area contributed by atoms with Crippen molar-refractivity contribution in [2.45, 2.75) is 19.1 Å². The van der Waals surface area contributed by atoms with Gasteiger partial charge in [-0.05, 0) is 24.6 Å². The molecule has 1 fully saturated rings. The Hall–Kier alpha value is -2.11. The molecule has 0 saturated carbocycles. The summed E-state index contributed by atoms with van der Waals surface area (Å²) in [5.74, 6) is 1.15. The summed E-state index contributed by atoms with van der Waals surface area (Å²) in [6.45, 7) is 4.79. The third kappa shape index (κ3) is 4.00. The smallest absolute Gasteiger partial charge is 0.257 e. The summed E-state index contributed by atoms with van der Waals surface area (Å²) >= 11 is 0. The second-order valence-electron chi connectivity index (χ2n) is 5.30. The van der Waals surface area contributed by atoms with Crippen LogP contribution in [0.2, 0.25) is 0 Å². The Bertz CT molecular complexity index is 600. The molecule has 1 aliphatic heterocycles. The van der Waals surface area contributed by atoms with E-state index in [-0.39, 0.29) is 12.2 Å². The zero-order valence-corrected chi connectivity index (χ0v) is 13.3. The van der Waals surface area contributed by atoms with Crippen LogP contribution in [0.25, 0.3) is 0 Å². The molecule has 1 aromatic carbocycles. The zero-order chi connectivity index (χ0) is 15.9. The average molecular weight is 314 g/mol. The molecular formula is C18H22N2O3. The topological polar surface area (TPSA) is 52.6 Å². The first-order chi connectivity index (χ1) is 11.4. The van der Waals surface area contributed by atoms with Crippen molar-refractivity contribution in [1.82, 2.24) is 10.3 Å². The third-order valence-corrected chi connectivity index (χ3v) is 3.69. The van der Waals surface area contributed by atoms with Crippen LogP contribution in [0.15, 0.2) is 48.7 Å². The van der Waals surface area contributed by atoms with Crippen molar-refractivity contribution in [3.05, 3.63) is 54.2 Å². The van der Waals surface area contributed by atoms with Crippen molar-refractivity contribution in [1.29, 1.82) is 0 Å². The number of hydrogen-bond donors (Lipinski definition) is 1. The van der Waals surface area contributed by atoms with Gasteiger partial charge in [-0.15, -0.1) is 0 Å². The fourth-order valence-corrected chi connectivity index (χ4v) is 2.63. The lowest BCUT2D eigenvalue weighted by Gasteiger charge is -2.31. The van der Waals surface area contributed by atoms with E-state index in [4.69, 9.17) is 14.2 Å². The van der Waals surface area contributed by atoms with E-state index in [2.05, 4.69) is 22.4 Å². The second kappa shape index (κ2) is 7.94. The van der Waals surface area contributed by atoms with Crippen LogP contribution in [0.3, 0.4) is 0 Å². The van der Waals surface area contributed by atoms with Crippen LogP contribution in [0.5, 0.6) is 11.6 Å². The molecule has 1 aromatic heterocycles. The molecule has 0 amide bonds. The van der Waals surface area contributed by atoms with Gasteiger partial charge in [0.25, 0.3) is 5.88 Å². The van der Waals surface area contributed by atoms with Crippen molar-refractivity contribution in [3.8, 4) is 11.6 Å². The largest absolute Gasteiger partial charge is 0.477 e. The van der Waals surface area contributed by atoms with Crippen LogP contribution in [0.1, 0.15) is 18.6 Å². The Kier molecular flexibility index (Phi) is 5.45. The standard InChI is InChI=1S/C18H22N2O3/c1-2-21-18-15(9-6-10-20-18)23-17(14-7-4-3-5-8-14)16-13-19-11-12-22-16/h3-10,16-17,19H,2,11-13H2,1H3. The van der Waals surface area contributed by atoms with Crippen LogP contribution in [0, 0.1) is 0 Å². The molecule has 5 nitrogen and oxygen atoms in total. The maximum absolute atomic E-state index is 6.27. The molecule has 23 heavy (non-hydrogen) atoms.